The molecular formula is C14H12Cl2NO2Y-. The van der Waals surface area contributed by atoms with Crippen LogP contribution in [0.1, 0.15) is 6.92 Å². The van der Waals surface area contributed by atoms with Gasteiger partial charge < -0.3 is 9.30 Å². The molecule has 20 heavy (non-hydrogen) atoms. The Morgan fingerprint density at radius 1 is 1.30 bits per heavy atom. The standard InChI is InChI=1S/C14H12Cl2NO2.Y/c1-3-19-9-4-5-10(12(16)8-9)13-7-6-11(15)14(18)17(13)2;/h4-6,8H,3H2,1-2H3;/q-1;. The van der Waals surface area contributed by atoms with Gasteiger partial charge >= 0.3 is 0 Å². The van der Waals surface area contributed by atoms with Gasteiger partial charge in [-0.05, 0) is 24.1 Å². The van der Waals surface area contributed by atoms with Crippen LogP contribution in [0, 0.1) is 6.07 Å². The smallest absolute Gasteiger partial charge is 0.212 e. The van der Waals surface area contributed by atoms with Gasteiger partial charge in [0.1, 0.15) is 5.75 Å². The van der Waals surface area contributed by atoms with Gasteiger partial charge in [0.25, 0.3) is 0 Å². The first-order valence-electron chi connectivity index (χ1n) is 5.74. The quantitative estimate of drug-likeness (QED) is 0.756. The molecule has 2 rings (SSSR count). The average Bonchev–Trinajstić information content (AvgIpc) is 2.38. The molecule has 1 heterocycles. The van der Waals surface area contributed by atoms with E-state index >= 15 is 0 Å². The van der Waals surface area contributed by atoms with E-state index in [1.807, 2.05) is 6.92 Å². The van der Waals surface area contributed by atoms with Crippen molar-refractivity contribution in [2.75, 3.05) is 6.61 Å². The van der Waals surface area contributed by atoms with Crippen molar-refractivity contribution in [3.8, 4) is 17.0 Å². The third-order valence-corrected chi connectivity index (χ3v) is 3.27. The molecule has 0 N–H and O–H groups in total. The van der Waals surface area contributed by atoms with Gasteiger partial charge in [-0.3, -0.25) is 4.79 Å². The van der Waals surface area contributed by atoms with Crippen molar-refractivity contribution < 1.29 is 37.4 Å². The fourth-order valence-electron chi connectivity index (χ4n) is 1.75. The zero-order valence-electron chi connectivity index (χ0n) is 11.1. The van der Waals surface area contributed by atoms with E-state index in [9.17, 15) is 4.79 Å². The molecule has 0 fully saturated rings. The molecule has 103 valence electrons. The van der Waals surface area contributed by atoms with Gasteiger partial charge in [0, 0.05) is 44.8 Å². The second-order valence-electron chi connectivity index (χ2n) is 3.92. The van der Waals surface area contributed by atoms with Gasteiger partial charge in [0.05, 0.1) is 6.61 Å². The molecule has 0 aliphatic heterocycles. The second kappa shape index (κ2) is 7.60. The summed E-state index contributed by atoms with van der Waals surface area (Å²) in [6.45, 7) is 2.47. The van der Waals surface area contributed by atoms with Crippen LogP contribution in [0.15, 0.2) is 29.1 Å². The Labute approximate surface area is 152 Å². The zero-order chi connectivity index (χ0) is 14.0. The van der Waals surface area contributed by atoms with Gasteiger partial charge in [0.15, 0.2) is 0 Å². The van der Waals surface area contributed by atoms with E-state index in [-0.39, 0.29) is 43.3 Å². The SMILES string of the molecule is CCOc1ccc(-c2[c-]cc(Cl)c(=O)n2C)c(Cl)c1.[Y]. The number of hydrogen-bond donors (Lipinski definition) is 0. The molecule has 0 atom stereocenters. The summed E-state index contributed by atoms with van der Waals surface area (Å²) in [6, 6.07) is 9.73. The molecule has 1 radical (unpaired) electrons. The van der Waals surface area contributed by atoms with E-state index in [1.54, 1.807) is 25.2 Å². The molecule has 0 spiro atoms. The van der Waals surface area contributed by atoms with E-state index < -0.39 is 0 Å². The summed E-state index contributed by atoms with van der Waals surface area (Å²) in [5, 5.41) is 0.632. The molecule has 1 aromatic heterocycles. The van der Waals surface area contributed by atoms with Crippen LogP contribution in [0.5, 0.6) is 5.75 Å². The van der Waals surface area contributed by atoms with Crippen molar-refractivity contribution in [3.63, 3.8) is 0 Å². The molecule has 6 heteroatoms. The number of nitrogens with zero attached hydrogens (tertiary/aromatic N) is 1. The fraction of sp³-hybridized carbons (Fsp3) is 0.214. The number of rotatable bonds is 3. The number of benzene rings is 1. The summed E-state index contributed by atoms with van der Waals surface area (Å²) in [5.74, 6) is 0.690. The molecule has 0 saturated carbocycles. The Morgan fingerprint density at radius 3 is 2.60 bits per heavy atom. The van der Waals surface area contributed by atoms with Crippen LogP contribution in [-0.2, 0) is 39.8 Å². The first kappa shape index (κ1) is 17.7. The van der Waals surface area contributed by atoms with Crippen LogP contribution in [-0.4, -0.2) is 11.2 Å². The predicted octanol–water partition coefficient (Wildman–Crippen LogP) is 3.56. The first-order valence-corrected chi connectivity index (χ1v) is 6.50. The fourth-order valence-corrected chi connectivity index (χ4v) is 2.20. The molecule has 3 nitrogen and oxygen atoms in total. The van der Waals surface area contributed by atoms with E-state index in [0.29, 0.717) is 28.6 Å². The van der Waals surface area contributed by atoms with E-state index in [2.05, 4.69) is 6.07 Å². The normalized spacial score (nSPS) is 10.0. The van der Waals surface area contributed by atoms with Crippen molar-refractivity contribution in [2.24, 2.45) is 7.05 Å². The van der Waals surface area contributed by atoms with Crippen molar-refractivity contribution >= 4 is 23.2 Å². The molecule has 0 aliphatic carbocycles. The number of aromatic nitrogens is 1. The number of ether oxygens (including phenoxy) is 1. The van der Waals surface area contributed by atoms with Crippen molar-refractivity contribution in [1.29, 1.82) is 0 Å². The molecule has 0 amide bonds. The summed E-state index contributed by atoms with van der Waals surface area (Å²) in [4.78, 5) is 11.8. The predicted molar refractivity (Wildman–Crippen MR) is 77.1 cm³/mol. The third-order valence-electron chi connectivity index (χ3n) is 2.69. The van der Waals surface area contributed by atoms with E-state index in [4.69, 9.17) is 27.9 Å². The maximum Gasteiger partial charge on any atom is 0.212 e. The molecule has 0 saturated heterocycles. The molecule has 1 aromatic carbocycles. The van der Waals surface area contributed by atoms with Crippen LogP contribution in [0.25, 0.3) is 11.3 Å². The first-order chi connectivity index (χ1) is 9.04. The number of halogens is 2. The van der Waals surface area contributed by atoms with Crippen molar-refractivity contribution in [3.05, 3.63) is 50.7 Å². The van der Waals surface area contributed by atoms with Crippen LogP contribution in [0.3, 0.4) is 0 Å². The summed E-state index contributed by atoms with van der Waals surface area (Å²) in [5.41, 5.74) is 1.02. The van der Waals surface area contributed by atoms with Crippen LogP contribution >= 0.6 is 23.2 Å². The maximum absolute atomic E-state index is 11.8. The Hall–Kier alpha value is -0.346. The van der Waals surface area contributed by atoms with Gasteiger partial charge in [0.2, 0.25) is 5.56 Å². The summed E-state index contributed by atoms with van der Waals surface area (Å²) in [6.07, 6.45) is 0. The van der Waals surface area contributed by atoms with Crippen molar-refractivity contribution in [1.82, 2.24) is 4.57 Å². The van der Waals surface area contributed by atoms with Gasteiger partial charge in [-0.2, -0.15) is 23.7 Å². The number of pyridine rings is 1. The van der Waals surface area contributed by atoms with Gasteiger partial charge in [-0.25, -0.2) is 0 Å². The van der Waals surface area contributed by atoms with E-state index in [1.165, 1.54) is 10.6 Å². The monoisotopic (exact) mass is 385 g/mol. The largest absolute Gasteiger partial charge is 0.494 e. The maximum atomic E-state index is 11.8. The Morgan fingerprint density at radius 2 is 2.00 bits per heavy atom. The number of hydrogen-bond acceptors (Lipinski definition) is 2. The zero-order valence-corrected chi connectivity index (χ0v) is 15.5. The molecule has 0 unspecified atom stereocenters. The van der Waals surface area contributed by atoms with Crippen LogP contribution in [0.2, 0.25) is 10.0 Å². The minimum absolute atomic E-state index is 0. The third kappa shape index (κ3) is 3.64. The molecule has 0 aliphatic rings. The summed E-state index contributed by atoms with van der Waals surface area (Å²) >= 11 is 12.0. The van der Waals surface area contributed by atoms with Gasteiger partial charge in [-0.15, -0.1) is 6.07 Å². The minimum atomic E-state index is -0.277. The average molecular weight is 386 g/mol. The van der Waals surface area contributed by atoms with Crippen LogP contribution < -0.4 is 10.3 Å². The topological polar surface area (TPSA) is 31.2 Å². The van der Waals surface area contributed by atoms with Gasteiger partial charge in [-0.1, -0.05) is 22.9 Å². The molecular weight excluding hydrogens is 374 g/mol. The van der Waals surface area contributed by atoms with Crippen molar-refractivity contribution in [2.45, 2.75) is 6.92 Å². The Balaban J connectivity index is 0.00000200. The van der Waals surface area contributed by atoms with Crippen LogP contribution in [0.4, 0.5) is 0 Å². The second-order valence-corrected chi connectivity index (χ2v) is 4.74. The molecule has 2 aromatic rings. The molecule has 0 bridgehead atoms. The Kier molecular flexibility index (Phi) is 6.73. The minimum Gasteiger partial charge on any atom is -0.494 e. The Bertz CT molecular complexity index is 671. The van der Waals surface area contributed by atoms with E-state index in [0.717, 1.165) is 0 Å². The summed E-state index contributed by atoms with van der Waals surface area (Å²) < 4.78 is 6.79. The summed E-state index contributed by atoms with van der Waals surface area (Å²) in [7, 11) is 1.63.